The van der Waals surface area contributed by atoms with Gasteiger partial charge in [-0.2, -0.15) is 0 Å². The summed E-state index contributed by atoms with van der Waals surface area (Å²) in [5.41, 5.74) is -0.748. The summed E-state index contributed by atoms with van der Waals surface area (Å²) in [5, 5.41) is 8.89. The molecule has 0 saturated carbocycles. The van der Waals surface area contributed by atoms with Crippen LogP contribution in [0.5, 0.6) is 0 Å². The quantitative estimate of drug-likeness (QED) is 0.808. The van der Waals surface area contributed by atoms with Crippen molar-refractivity contribution >= 4 is 23.6 Å². The van der Waals surface area contributed by atoms with E-state index in [0.29, 0.717) is 0 Å². The van der Waals surface area contributed by atoms with Crippen molar-refractivity contribution in [2.75, 3.05) is 32.5 Å². The van der Waals surface area contributed by atoms with Gasteiger partial charge in [0.1, 0.15) is 18.2 Å². The highest BCUT2D eigenvalue weighted by molar-refractivity contribution is 6.03. The van der Waals surface area contributed by atoms with Gasteiger partial charge in [0.15, 0.2) is 0 Å². The second kappa shape index (κ2) is 7.09. The Morgan fingerprint density at radius 3 is 2.42 bits per heavy atom. The first-order valence-electron chi connectivity index (χ1n) is 6.68. The van der Waals surface area contributed by atoms with E-state index in [0.717, 1.165) is 25.2 Å². The number of halogens is 1. The van der Waals surface area contributed by atoms with Crippen molar-refractivity contribution in [2.45, 2.75) is 0 Å². The summed E-state index contributed by atoms with van der Waals surface area (Å²) >= 11 is 0. The number of esters is 2. The molecule has 1 aliphatic rings. The summed E-state index contributed by atoms with van der Waals surface area (Å²) in [6.07, 6.45) is 0. The van der Waals surface area contributed by atoms with E-state index in [2.05, 4.69) is 9.47 Å². The van der Waals surface area contributed by atoms with Crippen molar-refractivity contribution < 1.29 is 38.1 Å². The van der Waals surface area contributed by atoms with Crippen LogP contribution in [0.4, 0.5) is 10.1 Å². The maximum atomic E-state index is 14.3. The van der Waals surface area contributed by atoms with E-state index in [9.17, 15) is 18.8 Å². The maximum Gasteiger partial charge on any atom is 0.355 e. The largest absolute Gasteiger partial charge is 0.478 e. The third kappa shape index (κ3) is 3.20. The number of rotatable bonds is 4. The van der Waals surface area contributed by atoms with E-state index in [1.165, 1.54) is 12.1 Å². The molecule has 1 heterocycles. The highest BCUT2D eigenvalue weighted by Crippen LogP contribution is 2.29. The minimum atomic E-state index is -1.30. The van der Waals surface area contributed by atoms with E-state index in [1.54, 1.807) is 0 Å². The number of anilines is 1. The molecule has 0 fully saturated rings. The van der Waals surface area contributed by atoms with Gasteiger partial charge in [0.2, 0.25) is 0 Å². The average Bonchev–Trinajstić information content (AvgIpc) is 2.59. The number of benzene rings is 1. The first kappa shape index (κ1) is 17.4. The minimum absolute atomic E-state index is 0.127. The van der Waals surface area contributed by atoms with Gasteiger partial charge in [-0.05, 0) is 18.2 Å². The summed E-state index contributed by atoms with van der Waals surface area (Å²) in [7, 11) is 2.24. The van der Waals surface area contributed by atoms with Crippen LogP contribution in [-0.4, -0.2) is 50.6 Å². The van der Waals surface area contributed by atoms with Crippen molar-refractivity contribution in [3.63, 3.8) is 0 Å². The first-order valence-corrected chi connectivity index (χ1v) is 6.68. The smallest absolute Gasteiger partial charge is 0.355 e. The van der Waals surface area contributed by atoms with E-state index in [1.807, 2.05) is 0 Å². The zero-order chi connectivity index (χ0) is 17.9. The lowest BCUT2D eigenvalue weighted by Gasteiger charge is -2.31. The number of hydrogen-bond donors (Lipinski definition) is 1. The predicted molar refractivity (Wildman–Crippen MR) is 77.7 cm³/mol. The van der Waals surface area contributed by atoms with Gasteiger partial charge in [0, 0.05) is 0 Å². The molecular weight excluding hydrogens is 325 g/mol. The average molecular weight is 339 g/mol. The zero-order valence-corrected chi connectivity index (χ0v) is 12.9. The fraction of sp³-hybridized carbons (Fsp3) is 0.267. The standard InChI is InChI=1S/C15H14FNO7/c1-22-14(20)9-6-24-7-17(12(9)15(21)23-2)11-4-3-8(13(18)19)5-10(11)16/h3-5H,6-7H2,1-2H3,(H,18,19). The summed E-state index contributed by atoms with van der Waals surface area (Å²) in [6.45, 7) is -0.434. The van der Waals surface area contributed by atoms with E-state index in [4.69, 9.17) is 9.84 Å². The molecule has 0 aliphatic carbocycles. The highest BCUT2D eigenvalue weighted by Gasteiger charge is 2.33. The minimum Gasteiger partial charge on any atom is -0.478 e. The number of nitrogens with zero attached hydrogens (tertiary/aromatic N) is 1. The molecule has 24 heavy (non-hydrogen) atoms. The topological polar surface area (TPSA) is 102 Å². The fourth-order valence-electron chi connectivity index (χ4n) is 2.19. The van der Waals surface area contributed by atoms with Gasteiger partial charge in [-0.15, -0.1) is 0 Å². The van der Waals surface area contributed by atoms with Crippen LogP contribution >= 0.6 is 0 Å². The highest BCUT2D eigenvalue weighted by atomic mass is 19.1. The molecule has 8 nitrogen and oxygen atoms in total. The molecule has 1 aromatic rings. The Balaban J connectivity index is 2.57. The van der Waals surface area contributed by atoms with Gasteiger partial charge in [-0.3, -0.25) is 0 Å². The van der Waals surface area contributed by atoms with Crippen LogP contribution in [0.1, 0.15) is 10.4 Å². The Bertz CT molecular complexity index is 729. The van der Waals surface area contributed by atoms with E-state index in [-0.39, 0.29) is 35.9 Å². The normalized spacial score (nSPS) is 14.4. The fourth-order valence-corrected chi connectivity index (χ4v) is 2.19. The van der Waals surface area contributed by atoms with Gasteiger partial charge in [0.25, 0.3) is 0 Å². The molecule has 0 amide bonds. The van der Waals surface area contributed by atoms with E-state index >= 15 is 0 Å². The summed E-state index contributed by atoms with van der Waals surface area (Å²) in [5.74, 6) is -3.89. The van der Waals surface area contributed by atoms with Crippen LogP contribution in [0.25, 0.3) is 0 Å². The lowest BCUT2D eigenvalue weighted by atomic mass is 10.1. The SMILES string of the molecule is COC(=O)C1=C(C(=O)OC)N(c2ccc(C(=O)O)cc2F)COC1. The number of carboxylic acid groups (broad SMARTS) is 1. The molecule has 0 saturated heterocycles. The number of methoxy groups -OCH3 is 2. The Morgan fingerprint density at radius 1 is 1.21 bits per heavy atom. The molecule has 2 rings (SSSR count). The molecule has 0 bridgehead atoms. The molecular formula is C15H14FNO7. The maximum absolute atomic E-state index is 14.3. The van der Waals surface area contributed by atoms with Gasteiger partial charge in [-0.25, -0.2) is 18.8 Å². The van der Waals surface area contributed by atoms with Crippen molar-refractivity contribution in [3.8, 4) is 0 Å². The van der Waals surface area contributed by atoms with Gasteiger partial charge in [-0.1, -0.05) is 0 Å². The Kier molecular flexibility index (Phi) is 5.14. The number of carbonyl (C=O) groups excluding carboxylic acids is 2. The van der Waals surface area contributed by atoms with Crippen molar-refractivity contribution in [3.05, 3.63) is 40.8 Å². The predicted octanol–water partition coefficient (Wildman–Crippen LogP) is 0.918. The van der Waals surface area contributed by atoms with Crippen LogP contribution in [0, 0.1) is 5.82 Å². The number of carboxylic acids is 1. The third-order valence-corrected chi connectivity index (χ3v) is 3.32. The molecule has 128 valence electrons. The Hall–Kier alpha value is -2.94. The molecule has 0 unspecified atom stereocenters. The number of carbonyl (C=O) groups is 3. The second-order valence-electron chi connectivity index (χ2n) is 4.69. The van der Waals surface area contributed by atoms with Crippen LogP contribution in [0.15, 0.2) is 29.5 Å². The number of aromatic carboxylic acids is 1. The van der Waals surface area contributed by atoms with Gasteiger partial charge >= 0.3 is 17.9 Å². The molecule has 9 heteroatoms. The molecule has 1 N–H and O–H groups in total. The van der Waals surface area contributed by atoms with Gasteiger partial charge < -0.3 is 24.2 Å². The molecule has 1 aromatic carbocycles. The monoisotopic (exact) mass is 339 g/mol. The molecule has 0 radical (unpaired) electrons. The Morgan fingerprint density at radius 2 is 1.88 bits per heavy atom. The molecule has 0 spiro atoms. The van der Waals surface area contributed by atoms with Crippen molar-refractivity contribution in [1.29, 1.82) is 0 Å². The lowest BCUT2D eigenvalue weighted by Crippen LogP contribution is -2.39. The van der Waals surface area contributed by atoms with Crippen LogP contribution in [-0.2, 0) is 23.8 Å². The summed E-state index contributed by atoms with van der Waals surface area (Å²) < 4.78 is 28.7. The van der Waals surface area contributed by atoms with Crippen LogP contribution in [0.3, 0.4) is 0 Å². The van der Waals surface area contributed by atoms with E-state index < -0.39 is 23.7 Å². The molecule has 1 aliphatic heterocycles. The van der Waals surface area contributed by atoms with Crippen LogP contribution < -0.4 is 4.90 Å². The lowest BCUT2D eigenvalue weighted by molar-refractivity contribution is -0.140. The third-order valence-electron chi connectivity index (χ3n) is 3.32. The van der Waals surface area contributed by atoms with Crippen molar-refractivity contribution in [2.24, 2.45) is 0 Å². The second-order valence-corrected chi connectivity index (χ2v) is 4.69. The number of ether oxygens (including phenoxy) is 3. The summed E-state index contributed by atoms with van der Waals surface area (Å²) in [6, 6.07) is 3.15. The van der Waals surface area contributed by atoms with Crippen LogP contribution in [0.2, 0.25) is 0 Å². The summed E-state index contributed by atoms with van der Waals surface area (Å²) in [4.78, 5) is 35.9. The number of hydrogen-bond acceptors (Lipinski definition) is 7. The molecule has 0 aromatic heterocycles. The first-order chi connectivity index (χ1) is 11.4. The Labute approximate surface area is 136 Å². The zero-order valence-electron chi connectivity index (χ0n) is 12.9. The molecule has 0 atom stereocenters. The van der Waals surface area contributed by atoms with Crippen molar-refractivity contribution in [1.82, 2.24) is 0 Å². The van der Waals surface area contributed by atoms with Gasteiger partial charge in [0.05, 0.1) is 37.7 Å².